The molecule has 3 heteroatoms. The molecular formula is C66H45NO2. The lowest BCUT2D eigenvalue weighted by atomic mass is 9.64. The van der Waals surface area contributed by atoms with E-state index in [2.05, 4.69) is 225 Å². The second-order valence-electron chi connectivity index (χ2n) is 19.8. The Morgan fingerprint density at radius 2 is 1.03 bits per heavy atom. The highest BCUT2D eigenvalue weighted by Gasteiger charge is 2.54. The van der Waals surface area contributed by atoms with Crippen molar-refractivity contribution in [2.75, 3.05) is 4.90 Å². The summed E-state index contributed by atoms with van der Waals surface area (Å²) in [6, 6.07) is 76.2. The number of para-hydroxylation sites is 1. The smallest absolute Gasteiger partial charge is 0.140 e. The van der Waals surface area contributed by atoms with E-state index in [9.17, 15) is 0 Å². The SMILES string of the molecule is CC1(C)c2ccccc2-c2cc(N(c3ccc(-c4ccc5oc6ccccc6c5c4)cc3)C3CC=CC4=C3c3ccccc3C43c4ccc5ccccc5c4Oc4c3ccc3ccccc43)ccc21. The fraction of sp³-hybridized carbons (Fsp3) is 0.0909. The van der Waals surface area contributed by atoms with E-state index in [1.54, 1.807) is 0 Å². The number of hydrogen-bond acceptors (Lipinski definition) is 3. The average Bonchev–Trinajstić information content (AvgIpc) is 4.00. The van der Waals surface area contributed by atoms with Gasteiger partial charge in [-0.3, -0.25) is 0 Å². The lowest BCUT2D eigenvalue weighted by Gasteiger charge is -2.42. The van der Waals surface area contributed by atoms with Gasteiger partial charge in [0.1, 0.15) is 22.7 Å². The maximum atomic E-state index is 7.31. The highest BCUT2D eigenvalue weighted by molar-refractivity contribution is 6.07. The molecule has 1 aromatic heterocycles. The fourth-order valence-corrected chi connectivity index (χ4v) is 13.0. The van der Waals surface area contributed by atoms with E-state index in [-0.39, 0.29) is 11.5 Å². The molecule has 1 spiro atoms. The molecule has 10 aromatic carbocycles. The molecule has 4 aliphatic rings. The first kappa shape index (κ1) is 38.7. The average molecular weight is 884 g/mol. The Labute approximate surface area is 400 Å². The van der Waals surface area contributed by atoms with Gasteiger partial charge in [0.25, 0.3) is 0 Å². The van der Waals surface area contributed by atoms with Crippen LogP contribution in [-0.2, 0) is 10.8 Å². The van der Waals surface area contributed by atoms with Gasteiger partial charge in [-0.15, -0.1) is 0 Å². The number of benzene rings is 10. The summed E-state index contributed by atoms with van der Waals surface area (Å²) < 4.78 is 13.5. The topological polar surface area (TPSA) is 25.6 Å². The van der Waals surface area contributed by atoms with Crippen molar-refractivity contribution in [3.05, 3.63) is 257 Å². The van der Waals surface area contributed by atoms with Gasteiger partial charge < -0.3 is 14.1 Å². The Morgan fingerprint density at radius 1 is 0.449 bits per heavy atom. The molecule has 69 heavy (non-hydrogen) atoms. The van der Waals surface area contributed by atoms with Gasteiger partial charge in [-0.25, -0.2) is 0 Å². The summed E-state index contributed by atoms with van der Waals surface area (Å²) in [5.41, 5.74) is 18.7. The van der Waals surface area contributed by atoms with Gasteiger partial charge in [-0.1, -0.05) is 190 Å². The molecule has 0 bridgehead atoms. The first-order valence-electron chi connectivity index (χ1n) is 24.3. The zero-order chi connectivity index (χ0) is 45.6. The van der Waals surface area contributed by atoms with Crippen molar-refractivity contribution < 1.29 is 9.15 Å². The van der Waals surface area contributed by atoms with E-state index < -0.39 is 5.41 Å². The molecule has 0 radical (unpaired) electrons. The molecule has 2 heterocycles. The number of rotatable bonds is 4. The van der Waals surface area contributed by atoms with Gasteiger partial charge in [0.15, 0.2) is 0 Å². The number of furan rings is 1. The minimum Gasteiger partial charge on any atom is -0.456 e. The van der Waals surface area contributed by atoms with Gasteiger partial charge in [0.05, 0.1) is 11.5 Å². The van der Waals surface area contributed by atoms with Crippen LogP contribution in [-0.4, -0.2) is 6.04 Å². The van der Waals surface area contributed by atoms with Gasteiger partial charge in [0.2, 0.25) is 0 Å². The molecule has 0 saturated heterocycles. The largest absolute Gasteiger partial charge is 0.456 e. The summed E-state index contributed by atoms with van der Waals surface area (Å²) in [5, 5.41) is 6.86. The highest BCUT2D eigenvalue weighted by atomic mass is 16.5. The number of anilines is 2. The maximum absolute atomic E-state index is 7.31. The van der Waals surface area contributed by atoms with Gasteiger partial charge in [-0.05, 0) is 115 Å². The summed E-state index contributed by atoms with van der Waals surface area (Å²) in [4.78, 5) is 2.64. The molecule has 0 amide bonds. The third kappa shape index (κ3) is 5.22. The molecule has 1 atom stereocenters. The van der Waals surface area contributed by atoms with Crippen molar-refractivity contribution in [3.63, 3.8) is 0 Å². The Balaban J connectivity index is 0.971. The Morgan fingerprint density at radius 3 is 1.78 bits per heavy atom. The van der Waals surface area contributed by atoms with Gasteiger partial charge >= 0.3 is 0 Å². The van der Waals surface area contributed by atoms with E-state index >= 15 is 0 Å². The van der Waals surface area contributed by atoms with Crippen LogP contribution in [0.5, 0.6) is 11.5 Å². The summed E-state index contributed by atoms with van der Waals surface area (Å²) in [7, 11) is 0. The van der Waals surface area contributed by atoms with E-state index in [1.807, 2.05) is 12.1 Å². The molecule has 3 aliphatic carbocycles. The quantitative estimate of drug-likeness (QED) is 0.176. The van der Waals surface area contributed by atoms with Gasteiger partial charge in [-0.2, -0.15) is 0 Å². The van der Waals surface area contributed by atoms with Crippen molar-refractivity contribution in [1.29, 1.82) is 0 Å². The van der Waals surface area contributed by atoms with E-state index in [1.165, 1.54) is 77.7 Å². The van der Waals surface area contributed by atoms with Crippen molar-refractivity contribution in [2.45, 2.75) is 37.1 Å². The number of nitrogens with zero attached hydrogens (tertiary/aromatic N) is 1. The second-order valence-corrected chi connectivity index (χ2v) is 19.8. The first-order chi connectivity index (χ1) is 34.0. The highest BCUT2D eigenvalue weighted by Crippen LogP contribution is 2.65. The lowest BCUT2D eigenvalue weighted by Crippen LogP contribution is -2.36. The summed E-state index contributed by atoms with van der Waals surface area (Å²) in [6.45, 7) is 4.73. The second kappa shape index (κ2) is 14.1. The third-order valence-electron chi connectivity index (χ3n) is 16.1. The van der Waals surface area contributed by atoms with Crippen LogP contribution in [0.4, 0.5) is 11.4 Å². The minimum absolute atomic E-state index is 0.0385. The fourth-order valence-electron chi connectivity index (χ4n) is 13.0. The standard InChI is InChI=1S/C66H45NO2/c1-65(2)53-21-10-7-18-48(53)51-39-45(33-36-54(51)65)67(44-31-26-40(27-32-44)43-30-37-61-52(38-43)49-19-9-12-25-60(49)68-61)59-24-13-23-56-62(59)50-20-8-11-22-55(50)66(56)57-34-28-41-14-3-5-16-46(41)63(57)69-64-47-17-6-4-15-42(47)29-35-58(64)66/h3-23,25-39,59H,24H2,1-2H3. The number of allylic oxidation sites excluding steroid dienone is 2. The van der Waals surface area contributed by atoms with Crippen LogP contribution in [0, 0.1) is 0 Å². The van der Waals surface area contributed by atoms with Crippen LogP contribution in [0.1, 0.15) is 53.6 Å². The number of ether oxygens (including phenoxy) is 1. The molecule has 326 valence electrons. The van der Waals surface area contributed by atoms with E-state index in [0.717, 1.165) is 61.9 Å². The van der Waals surface area contributed by atoms with E-state index in [4.69, 9.17) is 9.15 Å². The zero-order valence-corrected chi connectivity index (χ0v) is 38.3. The predicted octanol–water partition coefficient (Wildman–Crippen LogP) is 17.2. The number of fused-ring (bicyclic) bond motifs is 18. The minimum atomic E-state index is -0.635. The predicted molar refractivity (Wildman–Crippen MR) is 284 cm³/mol. The Kier molecular flexibility index (Phi) is 7.89. The van der Waals surface area contributed by atoms with Crippen molar-refractivity contribution in [2.24, 2.45) is 0 Å². The van der Waals surface area contributed by atoms with E-state index in [0.29, 0.717) is 0 Å². The van der Waals surface area contributed by atoms with Crippen molar-refractivity contribution in [1.82, 2.24) is 0 Å². The Bertz CT molecular complexity index is 3980. The normalized spacial score (nSPS) is 16.6. The molecule has 0 fully saturated rings. The molecule has 11 aromatic rings. The lowest BCUT2D eigenvalue weighted by molar-refractivity contribution is 0.446. The summed E-state index contributed by atoms with van der Waals surface area (Å²) >= 11 is 0. The Hall–Kier alpha value is -8.40. The zero-order valence-electron chi connectivity index (χ0n) is 38.3. The van der Waals surface area contributed by atoms with Crippen LogP contribution in [0.25, 0.3) is 71.3 Å². The molecule has 1 aliphatic heterocycles. The van der Waals surface area contributed by atoms with Crippen molar-refractivity contribution >= 4 is 60.4 Å². The molecule has 0 N–H and O–H groups in total. The molecule has 1 unspecified atom stereocenters. The van der Waals surface area contributed by atoms with Crippen LogP contribution >= 0.6 is 0 Å². The van der Waals surface area contributed by atoms with Gasteiger partial charge in [0, 0.05) is 49.5 Å². The third-order valence-corrected chi connectivity index (χ3v) is 16.1. The summed E-state index contributed by atoms with van der Waals surface area (Å²) in [5.74, 6) is 1.87. The van der Waals surface area contributed by atoms with Crippen LogP contribution in [0.2, 0.25) is 0 Å². The summed E-state index contributed by atoms with van der Waals surface area (Å²) in [6.07, 6.45) is 5.72. The van der Waals surface area contributed by atoms with Crippen LogP contribution in [0.3, 0.4) is 0 Å². The van der Waals surface area contributed by atoms with Crippen LogP contribution < -0.4 is 9.64 Å². The monoisotopic (exact) mass is 883 g/mol. The maximum Gasteiger partial charge on any atom is 0.140 e. The van der Waals surface area contributed by atoms with Crippen molar-refractivity contribution in [3.8, 4) is 33.8 Å². The first-order valence-corrected chi connectivity index (χ1v) is 24.3. The molecule has 15 rings (SSSR count). The molecule has 3 nitrogen and oxygen atoms in total. The number of hydrogen-bond donors (Lipinski definition) is 0. The van der Waals surface area contributed by atoms with Crippen LogP contribution in [0.15, 0.2) is 228 Å². The molecular weight excluding hydrogens is 839 g/mol. The molecule has 0 saturated carbocycles.